The van der Waals surface area contributed by atoms with Gasteiger partial charge in [-0.2, -0.15) is 0 Å². The molecule has 1 unspecified atom stereocenters. The first-order chi connectivity index (χ1) is 10.6. The first-order valence-electron chi connectivity index (χ1n) is 7.10. The standard InChI is InChI=1S/C17H15Cl2NO2/c18-12-5-6-16(14(19)9-12)22-17(21)10-15-13-4-2-1-3-11(13)7-8-20-15/h1-6,9,15,20H,7-8,10H2. The van der Waals surface area contributed by atoms with Crippen molar-refractivity contribution in [1.82, 2.24) is 5.32 Å². The Morgan fingerprint density at radius 1 is 1.23 bits per heavy atom. The maximum atomic E-state index is 12.2. The number of hydrogen-bond donors (Lipinski definition) is 1. The Bertz CT molecular complexity index is 703. The number of nitrogens with one attached hydrogen (secondary N) is 1. The summed E-state index contributed by atoms with van der Waals surface area (Å²) < 4.78 is 5.35. The van der Waals surface area contributed by atoms with Gasteiger partial charge in [0.2, 0.25) is 0 Å². The second-order valence-corrected chi connectivity index (χ2v) is 6.05. The van der Waals surface area contributed by atoms with E-state index in [1.807, 2.05) is 12.1 Å². The van der Waals surface area contributed by atoms with Gasteiger partial charge in [0.1, 0.15) is 5.75 Å². The van der Waals surface area contributed by atoms with Gasteiger partial charge in [-0.25, -0.2) is 0 Å². The molecule has 1 heterocycles. The number of carbonyl (C=O) groups is 1. The van der Waals surface area contributed by atoms with E-state index in [2.05, 4.69) is 17.4 Å². The monoisotopic (exact) mass is 335 g/mol. The summed E-state index contributed by atoms with van der Waals surface area (Å²) in [7, 11) is 0. The van der Waals surface area contributed by atoms with E-state index in [1.54, 1.807) is 18.2 Å². The molecule has 1 N–H and O–H groups in total. The predicted molar refractivity (Wildman–Crippen MR) is 87.6 cm³/mol. The maximum Gasteiger partial charge on any atom is 0.313 e. The summed E-state index contributed by atoms with van der Waals surface area (Å²) in [4.78, 5) is 12.2. The molecule has 1 atom stereocenters. The second-order valence-electron chi connectivity index (χ2n) is 5.21. The third kappa shape index (κ3) is 3.43. The average Bonchev–Trinajstić information content (AvgIpc) is 2.50. The molecular weight excluding hydrogens is 321 g/mol. The second kappa shape index (κ2) is 6.69. The van der Waals surface area contributed by atoms with E-state index in [4.69, 9.17) is 27.9 Å². The van der Waals surface area contributed by atoms with Crippen molar-refractivity contribution < 1.29 is 9.53 Å². The van der Waals surface area contributed by atoms with Crippen LogP contribution in [0.15, 0.2) is 42.5 Å². The van der Waals surface area contributed by atoms with Crippen LogP contribution in [0.25, 0.3) is 0 Å². The van der Waals surface area contributed by atoms with Crippen LogP contribution in [0.4, 0.5) is 0 Å². The van der Waals surface area contributed by atoms with Crippen LogP contribution in [0.3, 0.4) is 0 Å². The van der Waals surface area contributed by atoms with Gasteiger partial charge in [0.15, 0.2) is 0 Å². The summed E-state index contributed by atoms with van der Waals surface area (Å²) in [5.41, 5.74) is 2.44. The van der Waals surface area contributed by atoms with Crippen molar-refractivity contribution in [1.29, 1.82) is 0 Å². The Balaban J connectivity index is 1.70. The number of carbonyl (C=O) groups excluding carboxylic acids is 1. The van der Waals surface area contributed by atoms with E-state index >= 15 is 0 Å². The van der Waals surface area contributed by atoms with Crippen molar-refractivity contribution in [3.63, 3.8) is 0 Å². The quantitative estimate of drug-likeness (QED) is 0.675. The summed E-state index contributed by atoms with van der Waals surface area (Å²) >= 11 is 11.9. The fourth-order valence-electron chi connectivity index (χ4n) is 2.66. The minimum Gasteiger partial charge on any atom is -0.425 e. The number of halogens is 2. The lowest BCUT2D eigenvalue weighted by Gasteiger charge is -2.26. The Labute approximate surface area is 139 Å². The van der Waals surface area contributed by atoms with Gasteiger partial charge in [-0.3, -0.25) is 4.79 Å². The molecule has 114 valence electrons. The molecule has 0 radical (unpaired) electrons. The molecule has 5 heteroatoms. The van der Waals surface area contributed by atoms with Crippen LogP contribution in [0.5, 0.6) is 5.75 Å². The number of hydrogen-bond acceptors (Lipinski definition) is 3. The first-order valence-corrected chi connectivity index (χ1v) is 7.86. The zero-order valence-electron chi connectivity index (χ0n) is 11.8. The van der Waals surface area contributed by atoms with Crippen molar-refractivity contribution in [3.8, 4) is 5.75 Å². The van der Waals surface area contributed by atoms with Crippen molar-refractivity contribution >= 4 is 29.2 Å². The van der Waals surface area contributed by atoms with Crippen LogP contribution in [-0.4, -0.2) is 12.5 Å². The molecule has 1 aliphatic rings. The first kappa shape index (κ1) is 15.3. The van der Waals surface area contributed by atoms with Crippen LogP contribution >= 0.6 is 23.2 Å². The minimum absolute atomic E-state index is 0.0245. The zero-order chi connectivity index (χ0) is 15.5. The molecule has 0 fully saturated rings. The van der Waals surface area contributed by atoms with Gasteiger partial charge >= 0.3 is 5.97 Å². The molecular formula is C17H15Cl2NO2. The van der Waals surface area contributed by atoms with Crippen molar-refractivity contribution in [2.24, 2.45) is 0 Å². The maximum absolute atomic E-state index is 12.2. The normalized spacial score (nSPS) is 16.9. The van der Waals surface area contributed by atoms with Gasteiger partial charge < -0.3 is 10.1 Å². The molecule has 3 nitrogen and oxygen atoms in total. The smallest absolute Gasteiger partial charge is 0.313 e. The summed E-state index contributed by atoms with van der Waals surface area (Å²) in [5.74, 6) is 0.0126. The Morgan fingerprint density at radius 2 is 2.05 bits per heavy atom. The largest absolute Gasteiger partial charge is 0.425 e. The van der Waals surface area contributed by atoms with E-state index in [0.717, 1.165) is 18.5 Å². The highest BCUT2D eigenvalue weighted by Gasteiger charge is 2.23. The summed E-state index contributed by atoms with van der Waals surface area (Å²) in [6, 6.07) is 12.9. The van der Waals surface area contributed by atoms with Gasteiger partial charge in [0.05, 0.1) is 11.4 Å². The molecule has 0 saturated carbocycles. The van der Waals surface area contributed by atoms with E-state index in [-0.39, 0.29) is 18.4 Å². The zero-order valence-corrected chi connectivity index (χ0v) is 13.3. The molecule has 0 spiro atoms. The van der Waals surface area contributed by atoms with Crippen LogP contribution in [0.1, 0.15) is 23.6 Å². The highest BCUT2D eigenvalue weighted by atomic mass is 35.5. The molecule has 1 aliphatic heterocycles. The summed E-state index contributed by atoms with van der Waals surface area (Å²) in [6.07, 6.45) is 1.24. The molecule has 0 saturated heterocycles. The molecule has 2 aromatic carbocycles. The molecule has 0 amide bonds. The fourth-order valence-corrected chi connectivity index (χ4v) is 3.11. The lowest BCUT2D eigenvalue weighted by molar-refractivity contribution is -0.135. The van der Waals surface area contributed by atoms with E-state index in [0.29, 0.717) is 15.8 Å². The van der Waals surface area contributed by atoms with Crippen LogP contribution in [0, 0.1) is 0 Å². The number of esters is 1. The third-order valence-corrected chi connectivity index (χ3v) is 4.23. The minimum atomic E-state index is -0.321. The molecule has 2 aromatic rings. The van der Waals surface area contributed by atoms with Crippen molar-refractivity contribution in [2.75, 3.05) is 6.54 Å². The summed E-state index contributed by atoms with van der Waals surface area (Å²) in [6.45, 7) is 0.858. The van der Waals surface area contributed by atoms with E-state index < -0.39 is 0 Å². The van der Waals surface area contributed by atoms with E-state index in [9.17, 15) is 4.79 Å². The third-order valence-electron chi connectivity index (χ3n) is 3.70. The topological polar surface area (TPSA) is 38.3 Å². The molecule has 22 heavy (non-hydrogen) atoms. The van der Waals surface area contributed by atoms with Crippen LogP contribution in [0.2, 0.25) is 10.0 Å². The van der Waals surface area contributed by atoms with Gasteiger partial charge in [-0.15, -0.1) is 0 Å². The lowest BCUT2D eigenvalue weighted by Crippen LogP contribution is -2.32. The predicted octanol–water partition coefficient (Wildman–Crippen LogP) is 4.18. The van der Waals surface area contributed by atoms with Crippen molar-refractivity contribution in [3.05, 3.63) is 63.6 Å². The number of ether oxygens (including phenoxy) is 1. The lowest BCUT2D eigenvalue weighted by atomic mass is 9.93. The van der Waals surface area contributed by atoms with Gasteiger partial charge in [-0.1, -0.05) is 47.5 Å². The SMILES string of the molecule is O=C(CC1NCCc2ccccc21)Oc1ccc(Cl)cc1Cl. The van der Waals surface area contributed by atoms with Gasteiger partial charge in [-0.05, 0) is 42.3 Å². The van der Waals surface area contributed by atoms with Crippen LogP contribution < -0.4 is 10.1 Å². The molecule has 0 aliphatic carbocycles. The van der Waals surface area contributed by atoms with Crippen LogP contribution in [-0.2, 0) is 11.2 Å². The Kier molecular flexibility index (Phi) is 4.67. The number of rotatable bonds is 3. The average molecular weight is 336 g/mol. The summed E-state index contributed by atoms with van der Waals surface area (Å²) in [5, 5.41) is 4.20. The Morgan fingerprint density at radius 3 is 2.86 bits per heavy atom. The van der Waals surface area contributed by atoms with Gasteiger partial charge in [0.25, 0.3) is 0 Å². The molecule has 0 aromatic heterocycles. The number of benzene rings is 2. The van der Waals surface area contributed by atoms with Crippen molar-refractivity contribution in [2.45, 2.75) is 18.9 Å². The Hall–Kier alpha value is -1.55. The van der Waals surface area contributed by atoms with E-state index in [1.165, 1.54) is 5.56 Å². The molecule has 3 rings (SSSR count). The molecule has 0 bridgehead atoms. The van der Waals surface area contributed by atoms with Gasteiger partial charge in [0, 0.05) is 11.1 Å². The highest BCUT2D eigenvalue weighted by molar-refractivity contribution is 6.35. The highest BCUT2D eigenvalue weighted by Crippen LogP contribution is 2.29. The fraction of sp³-hybridized carbons (Fsp3) is 0.235. The number of fused-ring (bicyclic) bond motifs is 1.